The Morgan fingerprint density at radius 2 is 1.93 bits per heavy atom. The second-order valence-electron chi connectivity index (χ2n) is 8.51. The molecule has 1 aromatic carbocycles. The van der Waals surface area contributed by atoms with Gasteiger partial charge in [0, 0.05) is 25.3 Å². The number of likely N-dealkylation sites (tertiary alicyclic amines) is 1. The van der Waals surface area contributed by atoms with E-state index in [9.17, 15) is 5.11 Å². The molecular weight excluding hydrogens is 376 g/mol. The molecule has 2 aromatic rings. The van der Waals surface area contributed by atoms with E-state index in [1.165, 1.54) is 36.9 Å². The SMILES string of the molecule is Cc1cc(C)n(CCCNCc2cccc(OCC(O)CN3CCCCCC3)c2)n1. The van der Waals surface area contributed by atoms with E-state index in [0.29, 0.717) is 13.2 Å². The zero-order valence-electron chi connectivity index (χ0n) is 18.6. The molecule has 2 heterocycles. The Bertz CT molecular complexity index is 753. The van der Waals surface area contributed by atoms with Crippen molar-refractivity contribution in [2.75, 3.05) is 32.8 Å². The Kier molecular flexibility index (Phi) is 9.18. The van der Waals surface area contributed by atoms with Crippen molar-refractivity contribution < 1.29 is 9.84 Å². The molecule has 1 atom stereocenters. The number of aromatic nitrogens is 2. The fraction of sp³-hybridized carbons (Fsp3) is 0.625. The van der Waals surface area contributed by atoms with Crippen molar-refractivity contribution in [1.82, 2.24) is 20.0 Å². The average molecular weight is 415 g/mol. The lowest BCUT2D eigenvalue weighted by atomic mass is 10.2. The van der Waals surface area contributed by atoms with Crippen LogP contribution in [0, 0.1) is 13.8 Å². The number of hydrogen-bond acceptors (Lipinski definition) is 5. The van der Waals surface area contributed by atoms with Gasteiger partial charge in [0.2, 0.25) is 0 Å². The van der Waals surface area contributed by atoms with Crippen LogP contribution >= 0.6 is 0 Å². The molecule has 166 valence electrons. The topological polar surface area (TPSA) is 62.6 Å². The molecule has 30 heavy (non-hydrogen) atoms. The van der Waals surface area contributed by atoms with Crippen molar-refractivity contribution >= 4 is 0 Å². The molecule has 3 rings (SSSR count). The number of β-amino-alcohol motifs (C(OH)–C–C–N with tert-alkyl or cyclic N) is 1. The quantitative estimate of drug-likeness (QED) is 0.553. The summed E-state index contributed by atoms with van der Waals surface area (Å²) in [5.41, 5.74) is 3.49. The number of ether oxygens (including phenoxy) is 1. The first kappa shape index (κ1) is 22.8. The van der Waals surface area contributed by atoms with Crippen molar-refractivity contribution in [3.8, 4) is 5.75 Å². The number of rotatable bonds is 11. The lowest BCUT2D eigenvalue weighted by molar-refractivity contribution is 0.0693. The molecule has 0 saturated carbocycles. The van der Waals surface area contributed by atoms with E-state index in [1.807, 2.05) is 19.1 Å². The van der Waals surface area contributed by atoms with E-state index in [-0.39, 0.29) is 0 Å². The number of aryl methyl sites for hydroxylation is 3. The molecule has 0 bridgehead atoms. The van der Waals surface area contributed by atoms with Gasteiger partial charge in [-0.3, -0.25) is 4.68 Å². The summed E-state index contributed by atoms with van der Waals surface area (Å²) in [6.07, 6.45) is 5.70. The zero-order valence-corrected chi connectivity index (χ0v) is 18.6. The van der Waals surface area contributed by atoms with Crippen LogP contribution in [0.25, 0.3) is 0 Å². The molecule has 0 amide bonds. The van der Waals surface area contributed by atoms with Gasteiger partial charge in [-0.15, -0.1) is 0 Å². The van der Waals surface area contributed by atoms with Gasteiger partial charge in [0.05, 0.1) is 5.69 Å². The number of aliphatic hydroxyl groups excluding tert-OH is 1. The van der Waals surface area contributed by atoms with E-state index in [4.69, 9.17) is 4.74 Å². The fourth-order valence-electron chi connectivity index (χ4n) is 4.10. The summed E-state index contributed by atoms with van der Waals surface area (Å²) in [6, 6.07) is 10.3. The van der Waals surface area contributed by atoms with Gasteiger partial charge >= 0.3 is 0 Å². The summed E-state index contributed by atoms with van der Waals surface area (Å²) >= 11 is 0. The van der Waals surface area contributed by atoms with Crippen LogP contribution < -0.4 is 10.1 Å². The molecule has 0 aliphatic carbocycles. The van der Waals surface area contributed by atoms with Crippen LogP contribution in [0.15, 0.2) is 30.3 Å². The first-order chi connectivity index (χ1) is 14.6. The normalized spacial score (nSPS) is 16.4. The predicted octanol–water partition coefficient (Wildman–Crippen LogP) is 3.30. The molecule has 2 N–H and O–H groups in total. The molecule has 6 nitrogen and oxygen atoms in total. The summed E-state index contributed by atoms with van der Waals surface area (Å²) in [5.74, 6) is 0.826. The second kappa shape index (κ2) is 12.1. The van der Waals surface area contributed by atoms with Crippen LogP contribution in [0.3, 0.4) is 0 Å². The van der Waals surface area contributed by atoms with Gasteiger partial charge in [-0.2, -0.15) is 5.10 Å². The summed E-state index contributed by atoms with van der Waals surface area (Å²) in [6.45, 7) is 10.1. The van der Waals surface area contributed by atoms with Gasteiger partial charge in [0.15, 0.2) is 0 Å². The lowest BCUT2D eigenvalue weighted by Crippen LogP contribution is -2.36. The van der Waals surface area contributed by atoms with Crippen LogP contribution in [-0.4, -0.2) is 58.7 Å². The molecule has 1 saturated heterocycles. The van der Waals surface area contributed by atoms with E-state index in [1.54, 1.807) is 0 Å². The van der Waals surface area contributed by atoms with Crippen molar-refractivity contribution in [3.05, 3.63) is 47.3 Å². The third kappa shape index (κ3) is 7.74. The van der Waals surface area contributed by atoms with Gasteiger partial charge in [-0.05, 0) is 76.5 Å². The van der Waals surface area contributed by atoms with Gasteiger partial charge in [-0.1, -0.05) is 25.0 Å². The maximum atomic E-state index is 10.4. The number of benzene rings is 1. The smallest absolute Gasteiger partial charge is 0.119 e. The molecule has 1 aromatic heterocycles. The summed E-state index contributed by atoms with van der Waals surface area (Å²) in [7, 11) is 0. The van der Waals surface area contributed by atoms with Crippen molar-refractivity contribution in [1.29, 1.82) is 0 Å². The molecule has 0 radical (unpaired) electrons. The van der Waals surface area contributed by atoms with Gasteiger partial charge in [0.25, 0.3) is 0 Å². The van der Waals surface area contributed by atoms with Gasteiger partial charge in [0.1, 0.15) is 18.5 Å². The number of nitrogens with zero attached hydrogens (tertiary/aromatic N) is 3. The Balaban J connectivity index is 1.34. The van der Waals surface area contributed by atoms with E-state index in [0.717, 1.165) is 50.6 Å². The minimum absolute atomic E-state index is 0.343. The number of hydrogen-bond donors (Lipinski definition) is 2. The van der Waals surface area contributed by atoms with Crippen LogP contribution in [0.4, 0.5) is 0 Å². The van der Waals surface area contributed by atoms with Gasteiger partial charge < -0.3 is 20.1 Å². The summed E-state index contributed by atoms with van der Waals surface area (Å²) in [4.78, 5) is 2.37. The third-order valence-corrected chi connectivity index (χ3v) is 5.66. The number of nitrogens with one attached hydrogen (secondary N) is 1. The molecule has 0 spiro atoms. The standard InChI is InChI=1S/C24H38N4O2/c1-20-15-21(2)28(26-20)14-8-11-25-17-22-9-7-10-24(16-22)30-19-23(29)18-27-12-5-3-4-6-13-27/h7,9-10,15-16,23,25,29H,3-6,8,11-14,17-19H2,1-2H3. The van der Waals surface area contributed by atoms with Crippen LogP contribution in [0.1, 0.15) is 49.1 Å². The Morgan fingerprint density at radius 3 is 2.67 bits per heavy atom. The average Bonchev–Trinajstić information content (AvgIpc) is 2.91. The summed E-state index contributed by atoms with van der Waals surface area (Å²) < 4.78 is 7.94. The van der Waals surface area contributed by atoms with Crippen molar-refractivity contribution in [2.45, 2.75) is 65.1 Å². The molecule has 1 aliphatic heterocycles. The highest BCUT2D eigenvalue weighted by Gasteiger charge is 2.14. The monoisotopic (exact) mass is 414 g/mol. The second-order valence-corrected chi connectivity index (χ2v) is 8.51. The van der Waals surface area contributed by atoms with Gasteiger partial charge in [-0.25, -0.2) is 0 Å². The minimum Gasteiger partial charge on any atom is -0.491 e. The lowest BCUT2D eigenvalue weighted by Gasteiger charge is -2.23. The molecular formula is C24H38N4O2. The maximum absolute atomic E-state index is 10.4. The molecule has 1 unspecified atom stereocenters. The van der Waals surface area contributed by atoms with Crippen LogP contribution in [0.5, 0.6) is 5.75 Å². The van der Waals surface area contributed by atoms with Crippen molar-refractivity contribution in [2.24, 2.45) is 0 Å². The highest BCUT2D eigenvalue weighted by Crippen LogP contribution is 2.15. The van der Waals surface area contributed by atoms with Crippen LogP contribution in [0.2, 0.25) is 0 Å². The van der Waals surface area contributed by atoms with E-state index >= 15 is 0 Å². The molecule has 1 aliphatic rings. The Labute approximate surface area is 181 Å². The van der Waals surface area contributed by atoms with E-state index in [2.05, 4.69) is 45.1 Å². The zero-order chi connectivity index (χ0) is 21.2. The van der Waals surface area contributed by atoms with Crippen molar-refractivity contribution in [3.63, 3.8) is 0 Å². The highest BCUT2D eigenvalue weighted by molar-refractivity contribution is 5.28. The Hall–Kier alpha value is -1.89. The molecule has 6 heteroatoms. The first-order valence-electron chi connectivity index (χ1n) is 11.4. The van der Waals surface area contributed by atoms with Crippen LogP contribution in [-0.2, 0) is 13.1 Å². The minimum atomic E-state index is -0.445. The largest absolute Gasteiger partial charge is 0.491 e. The predicted molar refractivity (Wildman–Crippen MR) is 121 cm³/mol. The van der Waals surface area contributed by atoms with E-state index < -0.39 is 6.10 Å². The first-order valence-corrected chi connectivity index (χ1v) is 11.4. The third-order valence-electron chi connectivity index (χ3n) is 5.66. The Morgan fingerprint density at radius 1 is 1.13 bits per heavy atom. The number of aliphatic hydroxyl groups is 1. The summed E-state index contributed by atoms with van der Waals surface area (Å²) in [5, 5.41) is 18.4. The fourth-order valence-corrected chi connectivity index (χ4v) is 4.10. The maximum Gasteiger partial charge on any atom is 0.119 e. The molecule has 1 fully saturated rings. The highest BCUT2D eigenvalue weighted by atomic mass is 16.5.